The predicted molar refractivity (Wildman–Crippen MR) is 184 cm³/mol. The molecular formula is C41H31N3. The fourth-order valence-corrected chi connectivity index (χ4v) is 6.33. The molecule has 0 spiro atoms. The number of hydrogen-bond donors (Lipinski definition) is 2. The Bertz CT molecular complexity index is 2160. The zero-order valence-corrected chi connectivity index (χ0v) is 24.2. The van der Waals surface area contributed by atoms with Crippen LogP contribution in [0.5, 0.6) is 0 Å². The largest absolute Gasteiger partial charge is 0.372 e. The highest BCUT2D eigenvalue weighted by Crippen LogP contribution is 2.38. The summed E-state index contributed by atoms with van der Waals surface area (Å²) in [4.78, 5) is 4.71. The number of nitrogens with zero attached hydrogens (tertiary/aromatic N) is 1. The van der Waals surface area contributed by atoms with Crippen molar-refractivity contribution in [3.8, 4) is 22.3 Å². The third-order valence-corrected chi connectivity index (χ3v) is 8.73. The van der Waals surface area contributed by atoms with Gasteiger partial charge in [-0.2, -0.15) is 0 Å². The van der Waals surface area contributed by atoms with E-state index in [1.807, 2.05) is 18.3 Å². The molecule has 3 heteroatoms. The number of nitrogens with one attached hydrogen (secondary N) is 1. The molecule has 0 bridgehead atoms. The van der Waals surface area contributed by atoms with Crippen LogP contribution in [0.4, 0.5) is 5.69 Å². The summed E-state index contributed by atoms with van der Waals surface area (Å²) in [6, 6.07) is 49.2. The molecule has 3 N–H and O–H groups in total. The van der Waals surface area contributed by atoms with Gasteiger partial charge < -0.3 is 11.1 Å². The normalized spacial score (nSPS) is 14.7. The van der Waals surface area contributed by atoms with E-state index in [0.717, 1.165) is 44.4 Å². The van der Waals surface area contributed by atoms with Crippen molar-refractivity contribution >= 4 is 33.4 Å². The van der Waals surface area contributed by atoms with Gasteiger partial charge in [0.25, 0.3) is 0 Å². The van der Waals surface area contributed by atoms with E-state index >= 15 is 0 Å². The van der Waals surface area contributed by atoms with Crippen molar-refractivity contribution in [2.75, 3.05) is 5.32 Å². The molecule has 0 saturated heterocycles. The van der Waals surface area contributed by atoms with Crippen molar-refractivity contribution in [3.63, 3.8) is 0 Å². The van der Waals surface area contributed by atoms with E-state index < -0.39 is 0 Å². The first-order valence-corrected chi connectivity index (χ1v) is 15.1. The summed E-state index contributed by atoms with van der Waals surface area (Å²) in [5.74, 6) is 0. The SMILES string of the molecule is NC(c1ccc(-c2ccccc2)cc1)c1cc(-c2ccc3ccccc3c2)cc(C2C=Cc3ccc4cccnc4c3N2)c1. The number of pyridine rings is 1. The zero-order chi connectivity index (χ0) is 29.5. The molecular weight excluding hydrogens is 534 g/mol. The molecule has 0 radical (unpaired) electrons. The van der Waals surface area contributed by atoms with E-state index in [-0.39, 0.29) is 12.1 Å². The van der Waals surface area contributed by atoms with Crippen LogP contribution in [0.1, 0.15) is 34.3 Å². The van der Waals surface area contributed by atoms with Gasteiger partial charge in [-0.1, -0.05) is 127 Å². The Morgan fingerprint density at radius 3 is 2.16 bits per heavy atom. The second-order valence-corrected chi connectivity index (χ2v) is 11.5. The zero-order valence-electron chi connectivity index (χ0n) is 24.2. The van der Waals surface area contributed by atoms with Gasteiger partial charge in [-0.3, -0.25) is 4.98 Å². The number of aromatic nitrogens is 1. The minimum absolute atomic E-state index is 0.0260. The Labute approximate surface area is 257 Å². The molecule has 44 heavy (non-hydrogen) atoms. The monoisotopic (exact) mass is 565 g/mol. The van der Waals surface area contributed by atoms with Crippen LogP contribution in [0.15, 0.2) is 152 Å². The first-order valence-electron chi connectivity index (χ1n) is 15.1. The number of fused-ring (bicyclic) bond motifs is 4. The van der Waals surface area contributed by atoms with Crippen molar-refractivity contribution in [2.24, 2.45) is 5.73 Å². The lowest BCUT2D eigenvalue weighted by Crippen LogP contribution is -2.16. The van der Waals surface area contributed by atoms with Crippen LogP contribution in [0, 0.1) is 0 Å². The summed E-state index contributed by atoms with van der Waals surface area (Å²) in [5.41, 5.74) is 18.3. The van der Waals surface area contributed by atoms with E-state index in [0.29, 0.717) is 0 Å². The molecule has 0 saturated carbocycles. The molecule has 1 aliphatic rings. The fraction of sp³-hybridized carbons (Fsp3) is 0.0488. The fourth-order valence-electron chi connectivity index (χ4n) is 6.33. The maximum atomic E-state index is 7.04. The molecule has 7 aromatic rings. The molecule has 210 valence electrons. The van der Waals surface area contributed by atoms with Gasteiger partial charge in [0.15, 0.2) is 0 Å². The lowest BCUT2D eigenvalue weighted by molar-refractivity contribution is 0.863. The Morgan fingerprint density at radius 1 is 0.568 bits per heavy atom. The van der Waals surface area contributed by atoms with Gasteiger partial charge in [0.2, 0.25) is 0 Å². The summed E-state index contributed by atoms with van der Waals surface area (Å²) in [6.07, 6.45) is 6.30. The summed E-state index contributed by atoms with van der Waals surface area (Å²) in [6.45, 7) is 0. The second-order valence-electron chi connectivity index (χ2n) is 11.5. The molecule has 1 aliphatic heterocycles. The van der Waals surface area contributed by atoms with Crippen LogP contribution < -0.4 is 11.1 Å². The van der Waals surface area contributed by atoms with E-state index in [2.05, 4.69) is 145 Å². The predicted octanol–water partition coefficient (Wildman–Crippen LogP) is 9.95. The standard InChI is InChI=1S/C41H31N3/c42-39(30-15-12-29(13-16-30)27-7-2-1-3-8-27)37-25-35(34-19-14-28-9-4-5-10-33(28)23-34)24-36(26-37)38-21-20-32-18-17-31-11-6-22-43-40(31)41(32)44-38/h1-26,38-39,44H,42H2. The Kier molecular flexibility index (Phi) is 6.51. The van der Waals surface area contributed by atoms with Crippen molar-refractivity contribution in [2.45, 2.75) is 12.1 Å². The van der Waals surface area contributed by atoms with Gasteiger partial charge in [0, 0.05) is 11.6 Å². The Hall–Kier alpha value is -5.51. The first-order chi connectivity index (χ1) is 21.7. The smallest absolute Gasteiger partial charge is 0.0939 e. The van der Waals surface area contributed by atoms with Crippen LogP contribution in [0.2, 0.25) is 0 Å². The molecule has 3 nitrogen and oxygen atoms in total. The van der Waals surface area contributed by atoms with E-state index in [1.165, 1.54) is 27.5 Å². The van der Waals surface area contributed by atoms with E-state index in [1.54, 1.807) is 0 Å². The molecule has 2 heterocycles. The van der Waals surface area contributed by atoms with Gasteiger partial charge >= 0.3 is 0 Å². The number of anilines is 1. The van der Waals surface area contributed by atoms with Crippen LogP contribution >= 0.6 is 0 Å². The average Bonchev–Trinajstić information content (AvgIpc) is 3.11. The molecule has 2 unspecified atom stereocenters. The summed E-state index contributed by atoms with van der Waals surface area (Å²) in [5, 5.41) is 7.38. The van der Waals surface area contributed by atoms with Gasteiger partial charge in [0.05, 0.1) is 23.3 Å². The topological polar surface area (TPSA) is 50.9 Å². The summed E-state index contributed by atoms with van der Waals surface area (Å²) < 4.78 is 0. The highest BCUT2D eigenvalue weighted by molar-refractivity contribution is 5.96. The molecule has 8 rings (SSSR count). The quantitative estimate of drug-likeness (QED) is 0.218. The van der Waals surface area contributed by atoms with Crippen LogP contribution in [0.3, 0.4) is 0 Å². The highest BCUT2D eigenvalue weighted by Gasteiger charge is 2.20. The van der Waals surface area contributed by atoms with Gasteiger partial charge in [0.1, 0.15) is 0 Å². The highest BCUT2D eigenvalue weighted by atomic mass is 14.9. The minimum Gasteiger partial charge on any atom is -0.372 e. The van der Waals surface area contributed by atoms with Crippen molar-refractivity contribution in [3.05, 3.63) is 174 Å². The Balaban J connectivity index is 1.21. The molecule has 0 amide bonds. The third-order valence-electron chi connectivity index (χ3n) is 8.73. The van der Waals surface area contributed by atoms with E-state index in [4.69, 9.17) is 10.7 Å². The average molecular weight is 566 g/mol. The molecule has 0 aliphatic carbocycles. The molecule has 2 atom stereocenters. The van der Waals surface area contributed by atoms with Crippen LogP contribution in [0.25, 0.3) is 50.0 Å². The van der Waals surface area contributed by atoms with Gasteiger partial charge in [-0.25, -0.2) is 0 Å². The summed E-state index contributed by atoms with van der Waals surface area (Å²) >= 11 is 0. The number of rotatable bonds is 5. The maximum absolute atomic E-state index is 7.04. The van der Waals surface area contributed by atoms with E-state index in [9.17, 15) is 0 Å². The van der Waals surface area contributed by atoms with Crippen molar-refractivity contribution in [1.82, 2.24) is 4.98 Å². The molecule has 1 aromatic heterocycles. The molecule has 6 aromatic carbocycles. The summed E-state index contributed by atoms with van der Waals surface area (Å²) in [7, 11) is 0. The number of hydrogen-bond acceptors (Lipinski definition) is 3. The molecule has 0 fully saturated rings. The van der Waals surface area contributed by atoms with Crippen LogP contribution in [-0.4, -0.2) is 4.98 Å². The van der Waals surface area contributed by atoms with Gasteiger partial charge in [-0.05, 0) is 79.5 Å². The van der Waals surface area contributed by atoms with Crippen molar-refractivity contribution in [1.29, 1.82) is 0 Å². The first kappa shape index (κ1) is 26.1. The second kappa shape index (κ2) is 11.0. The van der Waals surface area contributed by atoms with Crippen molar-refractivity contribution < 1.29 is 0 Å². The number of nitrogens with two attached hydrogens (primary N) is 1. The Morgan fingerprint density at radius 2 is 1.30 bits per heavy atom. The van der Waals surface area contributed by atoms with Gasteiger partial charge in [-0.15, -0.1) is 0 Å². The minimum atomic E-state index is -0.277. The maximum Gasteiger partial charge on any atom is 0.0939 e. The van der Waals surface area contributed by atoms with Crippen LogP contribution in [-0.2, 0) is 0 Å². The lowest BCUT2D eigenvalue weighted by atomic mass is 9.89. The lowest BCUT2D eigenvalue weighted by Gasteiger charge is -2.25. The number of benzene rings is 6. The third kappa shape index (κ3) is 4.84.